The van der Waals surface area contributed by atoms with Gasteiger partial charge < -0.3 is 15.2 Å². The molecule has 0 unspecified atom stereocenters. The molecule has 116 valence electrons. The molecular weight excluding hydrogens is 292 g/mol. The normalized spacial score (nSPS) is 25.8. The molecule has 0 saturated carbocycles. The maximum absolute atomic E-state index is 12.3. The Hall–Kier alpha value is -1.47. The van der Waals surface area contributed by atoms with Crippen molar-refractivity contribution in [3.8, 4) is 0 Å². The van der Waals surface area contributed by atoms with E-state index in [1.54, 1.807) is 13.1 Å². The van der Waals surface area contributed by atoms with Gasteiger partial charge in [-0.15, -0.1) is 11.3 Å². The first-order chi connectivity index (χ1) is 9.70. The lowest BCUT2D eigenvalue weighted by atomic mass is 10.0. The molecule has 2 rings (SSSR count). The minimum absolute atomic E-state index is 0.177. The van der Waals surface area contributed by atoms with E-state index in [4.69, 9.17) is 9.84 Å². The fraction of sp³-hybridized carbons (Fsp3) is 0.643. The summed E-state index contributed by atoms with van der Waals surface area (Å²) in [4.78, 5) is 28.7. The summed E-state index contributed by atoms with van der Waals surface area (Å²) in [6.07, 6.45) is 0.547. The summed E-state index contributed by atoms with van der Waals surface area (Å²) in [5.41, 5.74) is -0.607. The number of nitrogens with zero attached hydrogens (tertiary/aromatic N) is 1. The number of aromatic nitrogens is 1. The van der Waals surface area contributed by atoms with Gasteiger partial charge in [-0.3, -0.25) is 4.79 Å². The fourth-order valence-corrected chi connectivity index (χ4v) is 3.21. The van der Waals surface area contributed by atoms with Crippen LogP contribution in [0.5, 0.6) is 0 Å². The summed E-state index contributed by atoms with van der Waals surface area (Å²) in [5, 5.41) is 12.7. The summed E-state index contributed by atoms with van der Waals surface area (Å²) >= 11 is 1.52. The van der Waals surface area contributed by atoms with Crippen molar-refractivity contribution in [2.75, 3.05) is 0 Å². The van der Waals surface area contributed by atoms with Crippen molar-refractivity contribution in [1.82, 2.24) is 10.3 Å². The van der Waals surface area contributed by atoms with Crippen LogP contribution in [0.2, 0.25) is 0 Å². The zero-order valence-electron chi connectivity index (χ0n) is 12.5. The third-order valence-corrected chi connectivity index (χ3v) is 4.78. The Kier molecular flexibility index (Phi) is 4.34. The van der Waals surface area contributed by atoms with E-state index >= 15 is 0 Å². The van der Waals surface area contributed by atoms with Crippen LogP contribution < -0.4 is 5.32 Å². The lowest BCUT2D eigenvalue weighted by Gasteiger charge is -2.25. The summed E-state index contributed by atoms with van der Waals surface area (Å²) in [7, 11) is 0. The molecule has 1 amide bonds. The molecule has 0 spiro atoms. The quantitative estimate of drug-likeness (QED) is 0.883. The first kappa shape index (κ1) is 15.9. The molecule has 3 atom stereocenters. The molecule has 2 N–H and O–H groups in total. The Balaban J connectivity index is 2.03. The number of carbonyl (C=O) groups excluding carboxylic acids is 1. The topological polar surface area (TPSA) is 88.5 Å². The van der Waals surface area contributed by atoms with Gasteiger partial charge in [0.25, 0.3) is 0 Å². The summed E-state index contributed by atoms with van der Waals surface area (Å²) < 4.78 is 5.36. The van der Waals surface area contributed by atoms with Gasteiger partial charge in [0.1, 0.15) is 11.1 Å². The molecule has 1 aliphatic rings. The minimum atomic E-state index is -1.02. The smallest absolute Gasteiger partial charge is 0.333 e. The van der Waals surface area contributed by atoms with Gasteiger partial charge in [-0.1, -0.05) is 6.92 Å². The molecule has 1 fully saturated rings. The van der Waals surface area contributed by atoms with Crippen LogP contribution >= 0.6 is 11.3 Å². The van der Waals surface area contributed by atoms with Crippen molar-refractivity contribution in [1.29, 1.82) is 0 Å². The number of carboxylic acids is 1. The Morgan fingerprint density at radius 3 is 2.67 bits per heavy atom. The Labute approximate surface area is 127 Å². The Morgan fingerprint density at radius 2 is 2.19 bits per heavy atom. The highest BCUT2D eigenvalue weighted by Crippen LogP contribution is 2.29. The van der Waals surface area contributed by atoms with Crippen LogP contribution in [0.15, 0.2) is 6.20 Å². The zero-order chi connectivity index (χ0) is 15.8. The van der Waals surface area contributed by atoms with Crippen molar-refractivity contribution in [3.05, 3.63) is 16.1 Å². The molecule has 7 heteroatoms. The molecule has 0 aliphatic carbocycles. The largest absolute Gasteiger partial charge is 0.479 e. The Bertz CT molecular complexity index is 555. The highest BCUT2D eigenvalue weighted by atomic mass is 32.1. The second kappa shape index (κ2) is 5.73. The molecule has 6 nitrogen and oxygen atoms in total. The van der Waals surface area contributed by atoms with Crippen LogP contribution in [0.1, 0.15) is 37.1 Å². The molecular formula is C14H20N2O4S. The highest BCUT2D eigenvalue weighted by Gasteiger charge is 2.41. The number of carboxylic acid groups (broad SMARTS) is 1. The summed E-state index contributed by atoms with van der Waals surface area (Å²) in [6.45, 7) is 7.48. The van der Waals surface area contributed by atoms with Gasteiger partial charge >= 0.3 is 5.97 Å². The summed E-state index contributed by atoms with van der Waals surface area (Å²) in [6, 6.07) is 0. The second-order valence-corrected chi connectivity index (χ2v) is 7.22. The lowest BCUT2D eigenvalue weighted by Crippen LogP contribution is -2.46. The molecule has 1 aromatic heterocycles. The number of aryl methyl sites for hydroxylation is 1. The minimum Gasteiger partial charge on any atom is -0.479 e. The average Bonchev–Trinajstić information content (AvgIpc) is 2.95. The molecule has 0 aromatic carbocycles. The first-order valence-electron chi connectivity index (χ1n) is 6.84. The van der Waals surface area contributed by atoms with Crippen LogP contribution in [0, 0.1) is 12.8 Å². The third kappa shape index (κ3) is 3.41. The van der Waals surface area contributed by atoms with E-state index in [0.29, 0.717) is 6.42 Å². The lowest BCUT2D eigenvalue weighted by molar-refractivity contribution is -0.153. The van der Waals surface area contributed by atoms with Crippen LogP contribution in [0.3, 0.4) is 0 Å². The van der Waals surface area contributed by atoms with Gasteiger partial charge in [0.15, 0.2) is 6.10 Å². The first-order valence-corrected chi connectivity index (χ1v) is 7.65. The number of thiazole rings is 1. The van der Waals surface area contributed by atoms with Crippen molar-refractivity contribution >= 4 is 23.2 Å². The van der Waals surface area contributed by atoms with Crippen LogP contribution in [-0.2, 0) is 19.9 Å². The van der Waals surface area contributed by atoms with E-state index in [1.165, 1.54) is 11.3 Å². The van der Waals surface area contributed by atoms with E-state index in [1.807, 2.05) is 20.8 Å². The second-order valence-electron chi connectivity index (χ2n) is 5.99. The molecule has 1 saturated heterocycles. The highest BCUT2D eigenvalue weighted by molar-refractivity contribution is 7.11. The zero-order valence-corrected chi connectivity index (χ0v) is 13.4. The maximum atomic E-state index is 12.3. The number of rotatable bonds is 4. The van der Waals surface area contributed by atoms with E-state index < -0.39 is 23.7 Å². The number of nitrogens with one attached hydrogen (secondary N) is 1. The van der Waals surface area contributed by atoms with Gasteiger partial charge in [-0.25, -0.2) is 9.78 Å². The standard InChI is InChI=1S/C14H20N2O4S/c1-7-5-9(20-10(7)12(18)19)11(17)16-14(3,4)13-15-6-8(2)21-13/h6-7,9-10H,5H2,1-4H3,(H,16,17)(H,18,19)/t7-,9-,10-/m1/s1. The summed E-state index contributed by atoms with van der Waals surface area (Å²) in [5.74, 6) is -1.49. The number of ether oxygens (including phenoxy) is 1. The van der Waals surface area contributed by atoms with Gasteiger partial charge in [0.05, 0.1) is 5.54 Å². The molecule has 1 aliphatic heterocycles. The number of amides is 1. The maximum Gasteiger partial charge on any atom is 0.333 e. The molecule has 0 bridgehead atoms. The van der Waals surface area contributed by atoms with E-state index in [2.05, 4.69) is 10.3 Å². The number of carbonyl (C=O) groups is 2. The van der Waals surface area contributed by atoms with Gasteiger partial charge in [-0.2, -0.15) is 0 Å². The van der Waals surface area contributed by atoms with Crippen LogP contribution in [0.25, 0.3) is 0 Å². The van der Waals surface area contributed by atoms with Gasteiger partial charge in [0, 0.05) is 11.1 Å². The van der Waals surface area contributed by atoms with E-state index in [0.717, 1.165) is 9.88 Å². The van der Waals surface area contributed by atoms with Gasteiger partial charge in [-0.05, 0) is 33.1 Å². The molecule has 2 heterocycles. The molecule has 21 heavy (non-hydrogen) atoms. The monoisotopic (exact) mass is 312 g/mol. The molecule has 0 radical (unpaired) electrons. The number of aliphatic carboxylic acids is 1. The van der Waals surface area contributed by atoms with Crippen molar-refractivity contribution < 1.29 is 19.4 Å². The average molecular weight is 312 g/mol. The number of hydrogen-bond acceptors (Lipinski definition) is 5. The van der Waals surface area contributed by atoms with Crippen molar-refractivity contribution in [2.45, 2.75) is 51.9 Å². The van der Waals surface area contributed by atoms with Crippen LogP contribution in [0.4, 0.5) is 0 Å². The number of hydrogen-bond donors (Lipinski definition) is 2. The predicted octanol–water partition coefficient (Wildman–Crippen LogP) is 1.68. The predicted molar refractivity (Wildman–Crippen MR) is 78.1 cm³/mol. The van der Waals surface area contributed by atoms with Crippen LogP contribution in [-0.4, -0.2) is 34.2 Å². The Morgan fingerprint density at radius 1 is 1.52 bits per heavy atom. The van der Waals surface area contributed by atoms with E-state index in [9.17, 15) is 9.59 Å². The van der Waals surface area contributed by atoms with E-state index in [-0.39, 0.29) is 11.8 Å². The SMILES string of the molecule is Cc1cnc(C(C)(C)NC(=O)[C@H]2C[C@@H](C)[C@H](C(=O)O)O2)s1. The van der Waals surface area contributed by atoms with Gasteiger partial charge in [0.2, 0.25) is 5.91 Å². The van der Waals surface area contributed by atoms with Crippen molar-refractivity contribution in [3.63, 3.8) is 0 Å². The van der Waals surface area contributed by atoms with Crippen molar-refractivity contribution in [2.24, 2.45) is 5.92 Å². The third-order valence-electron chi connectivity index (χ3n) is 3.54. The fourth-order valence-electron chi connectivity index (χ4n) is 2.38. The molecule has 1 aromatic rings.